The Morgan fingerprint density at radius 3 is 2.30 bits per heavy atom. The van der Waals surface area contributed by atoms with Crippen LogP contribution in [0.5, 0.6) is 0 Å². The van der Waals surface area contributed by atoms with Gasteiger partial charge in [-0.05, 0) is 20.5 Å². The van der Waals surface area contributed by atoms with Gasteiger partial charge in [-0.15, -0.1) is 9.60 Å². The first-order valence-corrected chi connectivity index (χ1v) is 3.36. The van der Waals surface area contributed by atoms with Crippen molar-refractivity contribution in [2.75, 3.05) is 20.6 Å². The lowest BCUT2D eigenvalue weighted by molar-refractivity contribution is -0.0646. The van der Waals surface area contributed by atoms with Gasteiger partial charge >= 0.3 is 0 Å². The molecule has 1 aliphatic rings. The molecule has 0 aromatic carbocycles. The lowest BCUT2D eigenvalue weighted by Gasteiger charge is -2.20. The highest BCUT2D eigenvalue weighted by molar-refractivity contribution is 4.80. The Kier molecular flexibility index (Phi) is 2.21. The predicted octanol–water partition coefficient (Wildman–Crippen LogP) is 0.802. The quantitative estimate of drug-likeness (QED) is 0.403. The first-order valence-electron chi connectivity index (χ1n) is 3.36. The molecular weight excluding hydrogens is 138 g/mol. The molecule has 0 aromatic heterocycles. The Morgan fingerprint density at radius 1 is 1.50 bits per heavy atom. The first-order chi connectivity index (χ1) is 4.63. The second kappa shape index (κ2) is 2.80. The number of alkyl halides is 1. The molecule has 2 nitrogen and oxygen atoms in total. The fourth-order valence-corrected chi connectivity index (χ4v) is 1.21. The number of hydrogen-bond acceptors (Lipinski definition) is 2. The third kappa shape index (κ3) is 1.27. The molecule has 0 bridgehead atoms. The first kappa shape index (κ1) is 7.88. The van der Waals surface area contributed by atoms with Crippen molar-refractivity contribution in [3.63, 3.8) is 0 Å². The summed E-state index contributed by atoms with van der Waals surface area (Å²) in [5.74, 6) is 0. The predicted molar refractivity (Wildman–Crippen MR) is 34.8 cm³/mol. The minimum Gasteiger partial charge on any atom is -0.302 e. The molecule has 1 fully saturated rings. The van der Waals surface area contributed by atoms with E-state index in [1.807, 2.05) is 0 Å². The number of nitrogens with zero attached hydrogens (tertiary/aromatic N) is 2. The normalized spacial score (nSPS) is 35.7. The van der Waals surface area contributed by atoms with E-state index in [1.54, 1.807) is 19.0 Å². The zero-order valence-corrected chi connectivity index (χ0v) is 6.22. The zero-order valence-electron chi connectivity index (χ0n) is 6.22. The van der Waals surface area contributed by atoms with Gasteiger partial charge in [0, 0.05) is 6.54 Å². The topological polar surface area (TPSA) is 6.48 Å². The van der Waals surface area contributed by atoms with Gasteiger partial charge in [0.25, 0.3) is 0 Å². The molecule has 1 aliphatic heterocycles. The summed E-state index contributed by atoms with van der Waals surface area (Å²) in [6.45, 7) is 0.212. The van der Waals surface area contributed by atoms with E-state index < -0.39 is 6.30 Å². The van der Waals surface area contributed by atoms with Crippen LogP contribution in [0.1, 0.15) is 6.42 Å². The molecule has 10 heavy (non-hydrogen) atoms. The molecule has 0 amide bonds. The van der Waals surface area contributed by atoms with E-state index in [2.05, 4.69) is 0 Å². The second-order valence-corrected chi connectivity index (χ2v) is 2.82. The van der Waals surface area contributed by atoms with Crippen LogP contribution in [0.25, 0.3) is 0 Å². The van der Waals surface area contributed by atoms with Gasteiger partial charge in [0.2, 0.25) is 0 Å². The van der Waals surface area contributed by atoms with E-state index in [-0.39, 0.29) is 17.7 Å². The third-order valence-corrected chi connectivity index (χ3v) is 1.89. The maximum atomic E-state index is 12.7. The van der Waals surface area contributed by atoms with Crippen molar-refractivity contribution in [3.05, 3.63) is 0 Å². The van der Waals surface area contributed by atoms with Crippen molar-refractivity contribution in [3.8, 4) is 0 Å². The number of likely N-dealkylation sites (N-methyl/N-ethyl adjacent to an activating group) is 1. The molecule has 0 spiro atoms. The van der Waals surface area contributed by atoms with Crippen LogP contribution in [-0.4, -0.2) is 43.0 Å². The zero-order chi connectivity index (χ0) is 7.72. The second-order valence-electron chi connectivity index (χ2n) is 2.82. The highest BCUT2D eigenvalue weighted by Gasteiger charge is 2.35. The van der Waals surface area contributed by atoms with Crippen LogP contribution in [0.2, 0.25) is 0 Å². The summed E-state index contributed by atoms with van der Waals surface area (Å²) >= 11 is 0. The summed E-state index contributed by atoms with van der Waals surface area (Å²) in [5.41, 5.74) is 0. The van der Waals surface area contributed by atoms with Gasteiger partial charge in [-0.3, -0.25) is 0 Å². The van der Waals surface area contributed by atoms with Crippen molar-refractivity contribution >= 4 is 0 Å². The molecule has 0 aliphatic carbocycles. The molecule has 0 N–H and O–H groups in total. The third-order valence-electron chi connectivity index (χ3n) is 1.89. The summed E-state index contributed by atoms with van der Waals surface area (Å²) in [4.78, 5) is 1.71. The lowest BCUT2D eigenvalue weighted by Crippen LogP contribution is -2.35. The van der Waals surface area contributed by atoms with Crippen molar-refractivity contribution in [2.45, 2.75) is 18.8 Å². The summed E-state index contributed by atoms with van der Waals surface area (Å²) in [6, 6.07) is -0.273. The molecule has 0 aromatic rings. The van der Waals surface area contributed by atoms with Gasteiger partial charge in [0.15, 0.2) is 6.30 Å². The highest BCUT2D eigenvalue weighted by Crippen LogP contribution is 2.22. The van der Waals surface area contributed by atoms with E-state index in [0.717, 1.165) is 0 Å². The summed E-state index contributed by atoms with van der Waals surface area (Å²) in [5, 5.41) is 0.255. The van der Waals surface area contributed by atoms with Crippen molar-refractivity contribution in [2.24, 2.45) is 0 Å². The minimum atomic E-state index is -1.44. The molecule has 0 saturated carbocycles. The van der Waals surface area contributed by atoms with Gasteiger partial charge in [0.05, 0.1) is 6.04 Å². The lowest BCUT2D eigenvalue weighted by atomic mass is 10.2. The van der Waals surface area contributed by atoms with E-state index in [0.29, 0.717) is 6.42 Å². The maximum absolute atomic E-state index is 12.7. The van der Waals surface area contributed by atoms with Crippen LogP contribution in [0.4, 0.5) is 8.87 Å². The summed E-state index contributed by atoms with van der Waals surface area (Å²) in [7, 11) is 3.52. The molecule has 4 heteroatoms. The van der Waals surface area contributed by atoms with Crippen molar-refractivity contribution in [1.29, 1.82) is 0 Å². The number of rotatable bonds is 1. The maximum Gasteiger partial charge on any atom is 0.195 e. The summed E-state index contributed by atoms with van der Waals surface area (Å²) in [6.07, 6.45) is -0.861. The van der Waals surface area contributed by atoms with Crippen LogP contribution >= 0.6 is 0 Å². The Morgan fingerprint density at radius 2 is 2.10 bits per heavy atom. The smallest absolute Gasteiger partial charge is 0.195 e. The van der Waals surface area contributed by atoms with Crippen molar-refractivity contribution in [1.82, 2.24) is 10.0 Å². The van der Waals surface area contributed by atoms with Crippen LogP contribution in [0, 0.1) is 0 Å². The van der Waals surface area contributed by atoms with E-state index in [9.17, 15) is 8.87 Å². The SMILES string of the molecule is CN(C)C1CCN(F)C1F. The Hall–Kier alpha value is -0.220. The van der Waals surface area contributed by atoms with Gasteiger partial charge in [-0.2, -0.15) is 0 Å². The Balaban J connectivity index is 2.49. The number of halogens is 2. The minimum absolute atomic E-state index is 0.212. The fourth-order valence-electron chi connectivity index (χ4n) is 1.21. The Bertz CT molecular complexity index is 118. The molecule has 1 heterocycles. The molecule has 1 saturated heterocycles. The molecule has 0 radical (unpaired) electrons. The highest BCUT2D eigenvalue weighted by atomic mass is 19.2. The Labute approximate surface area is 59.3 Å². The fraction of sp³-hybridized carbons (Fsp3) is 1.00. The van der Waals surface area contributed by atoms with Crippen LogP contribution < -0.4 is 0 Å². The van der Waals surface area contributed by atoms with Gasteiger partial charge < -0.3 is 4.90 Å². The molecule has 1 rings (SSSR count). The largest absolute Gasteiger partial charge is 0.302 e. The average molecular weight is 150 g/mol. The van der Waals surface area contributed by atoms with Crippen LogP contribution in [0.3, 0.4) is 0 Å². The molecule has 2 unspecified atom stereocenters. The van der Waals surface area contributed by atoms with Gasteiger partial charge in [-0.1, -0.05) is 0 Å². The van der Waals surface area contributed by atoms with E-state index in [1.165, 1.54) is 0 Å². The van der Waals surface area contributed by atoms with Crippen molar-refractivity contribution < 1.29 is 8.87 Å². The number of hydrogen-bond donors (Lipinski definition) is 0. The van der Waals surface area contributed by atoms with E-state index >= 15 is 0 Å². The standard InChI is InChI=1S/C6H12F2N2/c1-9(2)5-3-4-10(8)6(5)7/h5-6H,3-4H2,1-2H3. The monoisotopic (exact) mass is 150 g/mol. The van der Waals surface area contributed by atoms with E-state index in [4.69, 9.17) is 0 Å². The molecular formula is C6H12F2N2. The molecule has 60 valence electrons. The summed E-state index contributed by atoms with van der Waals surface area (Å²) < 4.78 is 25.1. The van der Waals surface area contributed by atoms with Gasteiger partial charge in [-0.25, -0.2) is 4.39 Å². The van der Waals surface area contributed by atoms with Crippen LogP contribution in [-0.2, 0) is 0 Å². The van der Waals surface area contributed by atoms with Gasteiger partial charge in [0.1, 0.15) is 0 Å². The molecule has 2 atom stereocenters. The average Bonchev–Trinajstić information content (AvgIpc) is 2.14. The van der Waals surface area contributed by atoms with Crippen LogP contribution in [0.15, 0.2) is 0 Å².